The Kier molecular flexibility index (Phi) is 3.98. The van der Waals surface area contributed by atoms with E-state index in [0.29, 0.717) is 11.4 Å². The Morgan fingerprint density at radius 1 is 1.04 bits per heavy atom. The van der Waals surface area contributed by atoms with Crippen LogP contribution in [0.3, 0.4) is 0 Å². The van der Waals surface area contributed by atoms with Gasteiger partial charge in [0.15, 0.2) is 0 Å². The van der Waals surface area contributed by atoms with Crippen molar-refractivity contribution in [2.45, 2.75) is 0 Å². The Balaban J connectivity index is 1.87. The van der Waals surface area contributed by atoms with Crippen LogP contribution in [0.2, 0.25) is 0 Å². The van der Waals surface area contributed by atoms with Crippen molar-refractivity contribution in [1.29, 1.82) is 5.26 Å². The standard InChI is InChI=1S/C16H12N6O/c17-10-14-15(19-20-16(14)21-22-18)11-6-8-13(9-7-11)23-12-4-2-1-3-5-12/h1-9H,(H3,18,19,20,21). The van der Waals surface area contributed by atoms with Crippen molar-refractivity contribution < 1.29 is 4.74 Å². The van der Waals surface area contributed by atoms with Crippen molar-refractivity contribution in [2.75, 3.05) is 0 Å². The van der Waals surface area contributed by atoms with Gasteiger partial charge in [0.2, 0.25) is 5.82 Å². The first kappa shape index (κ1) is 14.3. The molecule has 0 saturated carbocycles. The van der Waals surface area contributed by atoms with Crippen LogP contribution in [-0.4, -0.2) is 10.2 Å². The number of aromatic amines is 1. The number of aromatic nitrogens is 2. The molecule has 0 bridgehead atoms. The highest BCUT2D eigenvalue weighted by molar-refractivity contribution is 5.72. The maximum absolute atomic E-state index is 9.25. The van der Waals surface area contributed by atoms with Crippen molar-refractivity contribution in [3.8, 4) is 28.8 Å². The molecular weight excluding hydrogens is 292 g/mol. The minimum Gasteiger partial charge on any atom is -0.457 e. The van der Waals surface area contributed by atoms with Crippen molar-refractivity contribution >= 4 is 5.82 Å². The van der Waals surface area contributed by atoms with E-state index < -0.39 is 0 Å². The maximum atomic E-state index is 9.25. The zero-order valence-corrected chi connectivity index (χ0v) is 12.0. The summed E-state index contributed by atoms with van der Waals surface area (Å²) in [5.74, 6) is 6.61. The quantitative estimate of drug-likeness (QED) is 0.434. The number of nitrogens with two attached hydrogens (primary N) is 1. The predicted molar refractivity (Wildman–Crippen MR) is 84.0 cm³/mol. The van der Waals surface area contributed by atoms with Crippen LogP contribution in [0.4, 0.5) is 5.82 Å². The number of ether oxygens (including phenoxy) is 1. The summed E-state index contributed by atoms with van der Waals surface area (Å²) in [5.41, 5.74) is 1.63. The van der Waals surface area contributed by atoms with Gasteiger partial charge in [-0.15, -0.1) is 5.11 Å². The molecule has 7 nitrogen and oxygen atoms in total. The third-order valence-corrected chi connectivity index (χ3v) is 3.13. The summed E-state index contributed by atoms with van der Waals surface area (Å²) in [6.07, 6.45) is 0. The fourth-order valence-corrected chi connectivity index (χ4v) is 2.09. The number of nitrogens with one attached hydrogen (secondary N) is 1. The normalized spacial score (nSPS) is 10.6. The minimum atomic E-state index is 0.162. The first-order valence-electron chi connectivity index (χ1n) is 6.74. The van der Waals surface area contributed by atoms with Crippen LogP contribution in [0.5, 0.6) is 11.5 Å². The highest BCUT2D eigenvalue weighted by Crippen LogP contribution is 2.30. The topological polar surface area (TPSA) is 112 Å². The molecule has 3 rings (SSSR count). The van der Waals surface area contributed by atoms with Crippen molar-refractivity contribution in [3.63, 3.8) is 0 Å². The highest BCUT2D eigenvalue weighted by atomic mass is 16.5. The Bertz CT molecular complexity index is 862. The number of benzene rings is 2. The van der Waals surface area contributed by atoms with Crippen LogP contribution in [0, 0.1) is 11.3 Å². The first-order chi connectivity index (χ1) is 11.3. The molecule has 0 aliphatic rings. The Morgan fingerprint density at radius 3 is 2.39 bits per heavy atom. The molecule has 0 amide bonds. The predicted octanol–water partition coefficient (Wildman–Crippen LogP) is 3.70. The van der Waals surface area contributed by atoms with E-state index in [9.17, 15) is 5.26 Å². The molecule has 3 N–H and O–H groups in total. The van der Waals surface area contributed by atoms with E-state index >= 15 is 0 Å². The van der Waals surface area contributed by atoms with Gasteiger partial charge in [-0.05, 0) is 36.4 Å². The van der Waals surface area contributed by atoms with Crippen molar-refractivity contribution in [2.24, 2.45) is 16.2 Å². The largest absolute Gasteiger partial charge is 0.457 e. The lowest BCUT2D eigenvalue weighted by Gasteiger charge is -2.06. The summed E-state index contributed by atoms with van der Waals surface area (Å²) in [6.45, 7) is 0. The number of hydrogen-bond acceptors (Lipinski definition) is 5. The molecule has 1 aromatic heterocycles. The van der Waals surface area contributed by atoms with E-state index in [1.165, 1.54) is 0 Å². The molecule has 0 aliphatic heterocycles. The first-order valence-corrected chi connectivity index (χ1v) is 6.74. The van der Waals surface area contributed by atoms with Gasteiger partial charge in [-0.3, -0.25) is 5.10 Å². The molecule has 1 heterocycles. The van der Waals surface area contributed by atoms with Gasteiger partial charge >= 0.3 is 0 Å². The number of para-hydroxylation sites is 1. The zero-order chi connectivity index (χ0) is 16.1. The molecule has 112 valence electrons. The number of nitrogens with zero attached hydrogens (tertiary/aromatic N) is 4. The molecule has 23 heavy (non-hydrogen) atoms. The van der Waals surface area contributed by atoms with Crippen molar-refractivity contribution in [1.82, 2.24) is 10.2 Å². The van der Waals surface area contributed by atoms with E-state index in [-0.39, 0.29) is 11.4 Å². The Labute approximate surface area is 132 Å². The zero-order valence-electron chi connectivity index (χ0n) is 12.0. The summed E-state index contributed by atoms with van der Waals surface area (Å²) in [6, 6.07) is 18.8. The van der Waals surface area contributed by atoms with Crippen LogP contribution in [0.25, 0.3) is 11.3 Å². The lowest BCUT2D eigenvalue weighted by molar-refractivity contribution is 0.483. The molecular formula is C16H12N6O. The third kappa shape index (κ3) is 3.01. The summed E-state index contributed by atoms with van der Waals surface area (Å²) >= 11 is 0. The molecule has 0 fully saturated rings. The van der Waals surface area contributed by atoms with Crippen LogP contribution >= 0.6 is 0 Å². The number of rotatable bonds is 4. The van der Waals surface area contributed by atoms with Crippen LogP contribution < -0.4 is 10.6 Å². The summed E-state index contributed by atoms with van der Waals surface area (Å²) in [5, 5.41) is 22.7. The van der Waals surface area contributed by atoms with Crippen LogP contribution in [-0.2, 0) is 0 Å². The summed E-state index contributed by atoms with van der Waals surface area (Å²) in [4.78, 5) is 0. The number of hydrogen-bond donors (Lipinski definition) is 2. The molecule has 0 radical (unpaired) electrons. The monoisotopic (exact) mass is 304 g/mol. The van der Waals surface area contributed by atoms with Gasteiger partial charge in [0.1, 0.15) is 23.1 Å². The lowest BCUT2D eigenvalue weighted by atomic mass is 10.1. The van der Waals surface area contributed by atoms with Gasteiger partial charge in [-0.2, -0.15) is 10.4 Å². The van der Waals surface area contributed by atoms with E-state index in [2.05, 4.69) is 20.5 Å². The van der Waals surface area contributed by atoms with E-state index in [1.807, 2.05) is 60.7 Å². The third-order valence-electron chi connectivity index (χ3n) is 3.13. The molecule has 0 saturated heterocycles. The second-order valence-corrected chi connectivity index (χ2v) is 4.56. The number of nitriles is 1. The average molecular weight is 304 g/mol. The van der Waals surface area contributed by atoms with Gasteiger partial charge in [0, 0.05) is 5.56 Å². The Hall–Kier alpha value is -3.66. The van der Waals surface area contributed by atoms with Gasteiger partial charge < -0.3 is 10.6 Å². The fraction of sp³-hybridized carbons (Fsp3) is 0. The molecule has 0 atom stereocenters. The maximum Gasteiger partial charge on any atom is 0.215 e. The SMILES string of the molecule is N#Cc1c(N=NN)n[nH]c1-c1ccc(Oc2ccccc2)cc1. The lowest BCUT2D eigenvalue weighted by Crippen LogP contribution is -1.85. The van der Waals surface area contributed by atoms with Gasteiger partial charge in [0.25, 0.3) is 0 Å². The molecule has 3 aromatic rings. The molecule has 7 heteroatoms. The highest BCUT2D eigenvalue weighted by Gasteiger charge is 2.14. The summed E-state index contributed by atoms with van der Waals surface area (Å²) in [7, 11) is 0. The summed E-state index contributed by atoms with van der Waals surface area (Å²) < 4.78 is 5.73. The molecule has 0 unspecified atom stereocenters. The van der Waals surface area contributed by atoms with Gasteiger partial charge in [-0.1, -0.05) is 23.4 Å². The van der Waals surface area contributed by atoms with E-state index in [0.717, 1.165) is 11.3 Å². The van der Waals surface area contributed by atoms with Crippen LogP contribution in [0.15, 0.2) is 64.9 Å². The molecule has 2 aromatic carbocycles. The van der Waals surface area contributed by atoms with Crippen molar-refractivity contribution in [3.05, 3.63) is 60.2 Å². The van der Waals surface area contributed by atoms with Gasteiger partial charge in [-0.25, -0.2) is 0 Å². The fourth-order valence-electron chi connectivity index (χ4n) is 2.09. The smallest absolute Gasteiger partial charge is 0.215 e. The molecule has 0 aliphatic carbocycles. The second kappa shape index (κ2) is 6.41. The van der Waals surface area contributed by atoms with Gasteiger partial charge in [0.05, 0.1) is 5.69 Å². The average Bonchev–Trinajstić information content (AvgIpc) is 2.99. The number of H-pyrrole nitrogens is 1. The second-order valence-electron chi connectivity index (χ2n) is 4.56. The Morgan fingerprint density at radius 2 is 1.74 bits per heavy atom. The van der Waals surface area contributed by atoms with E-state index in [1.54, 1.807) is 0 Å². The van der Waals surface area contributed by atoms with Crippen LogP contribution in [0.1, 0.15) is 5.56 Å². The van der Waals surface area contributed by atoms with E-state index in [4.69, 9.17) is 10.6 Å². The minimum absolute atomic E-state index is 0.162. The molecule has 0 spiro atoms.